The molecule has 1 aromatic rings. The van der Waals surface area contributed by atoms with E-state index in [2.05, 4.69) is 5.32 Å². The van der Waals surface area contributed by atoms with Gasteiger partial charge >= 0.3 is 5.97 Å². The van der Waals surface area contributed by atoms with Crippen molar-refractivity contribution in [2.75, 3.05) is 12.4 Å². The molecule has 1 aliphatic rings. The average Bonchev–Trinajstić information content (AvgIpc) is 3.19. The van der Waals surface area contributed by atoms with Gasteiger partial charge in [0.15, 0.2) is 0 Å². The molecule has 6 heteroatoms. The largest absolute Gasteiger partial charge is 0.465 e. The van der Waals surface area contributed by atoms with Gasteiger partial charge in [-0.25, -0.2) is 8.78 Å². The number of thioether (sulfide) groups is 1. The second kappa shape index (κ2) is 7.04. The summed E-state index contributed by atoms with van der Waals surface area (Å²) in [6.45, 7) is 2.41. The Morgan fingerprint density at radius 1 is 1.40 bits per heavy atom. The molecule has 1 saturated carbocycles. The van der Waals surface area contributed by atoms with Crippen LogP contribution in [0.1, 0.15) is 25.3 Å². The van der Waals surface area contributed by atoms with E-state index in [1.807, 2.05) is 0 Å². The van der Waals surface area contributed by atoms with E-state index in [0.29, 0.717) is 18.2 Å². The minimum atomic E-state index is -0.633. The van der Waals surface area contributed by atoms with E-state index >= 15 is 0 Å². The Hall–Kier alpha value is -1.14. The predicted molar refractivity (Wildman–Crippen MR) is 73.6 cm³/mol. The Kier molecular flexibility index (Phi) is 5.37. The van der Waals surface area contributed by atoms with E-state index < -0.39 is 17.6 Å². The number of rotatable bonds is 7. The van der Waals surface area contributed by atoms with E-state index in [-0.39, 0.29) is 17.3 Å². The first-order chi connectivity index (χ1) is 9.60. The molecule has 3 nitrogen and oxygen atoms in total. The van der Waals surface area contributed by atoms with E-state index in [9.17, 15) is 13.6 Å². The zero-order chi connectivity index (χ0) is 14.5. The molecular formula is C14H17F2NO2S. The highest BCUT2D eigenvalue weighted by Gasteiger charge is 2.21. The molecular weight excluding hydrogens is 284 g/mol. The van der Waals surface area contributed by atoms with Crippen molar-refractivity contribution in [3.63, 3.8) is 0 Å². The Morgan fingerprint density at radius 3 is 2.60 bits per heavy atom. The SMILES string of the molecule is CCOC(=O)CSc1c(F)cc(CNC2CC2)cc1F. The van der Waals surface area contributed by atoms with Crippen LogP contribution >= 0.6 is 11.8 Å². The summed E-state index contributed by atoms with van der Waals surface area (Å²) in [5, 5.41) is 3.20. The van der Waals surface area contributed by atoms with Crippen molar-refractivity contribution in [3.05, 3.63) is 29.3 Å². The van der Waals surface area contributed by atoms with Gasteiger partial charge in [-0.15, -0.1) is 11.8 Å². The van der Waals surface area contributed by atoms with Crippen LogP contribution in [0.15, 0.2) is 17.0 Å². The van der Waals surface area contributed by atoms with Gasteiger partial charge in [0.2, 0.25) is 0 Å². The fraction of sp³-hybridized carbons (Fsp3) is 0.500. The van der Waals surface area contributed by atoms with Crippen molar-refractivity contribution < 1.29 is 18.3 Å². The minimum absolute atomic E-state index is 0.0959. The number of hydrogen-bond donors (Lipinski definition) is 1. The molecule has 1 aliphatic carbocycles. The number of esters is 1. The Labute approximate surface area is 121 Å². The lowest BCUT2D eigenvalue weighted by atomic mass is 10.2. The van der Waals surface area contributed by atoms with Gasteiger partial charge in [0, 0.05) is 12.6 Å². The molecule has 0 saturated heterocycles. The van der Waals surface area contributed by atoms with Crippen molar-refractivity contribution in [3.8, 4) is 0 Å². The first-order valence-electron chi connectivity index (χ1n) is 6.60. The van der Waals surface area contributed by atoms with Crippen LogP contribution in [0.3, 0.4) is 0 Å². The topological polar surface area (TPSA) is 38.3 Å². The van der Waals surface area contributed by atoms with E-state index in [1.165, 1.54) is 12.1 Å². The van der Waals surface area contributed by atoms with Crippen LogP contribution in [0.4, 0.5) is 8.78 Å². The van der Waals surface area contributed by atoms with Gasteiger partial charge in [0.05, 0.1) is 17.3 Å². The summed E-state index contributed by atoms with van der Waals surface area (Å²) in [6, 6.07) is 3.11. The van der Waals surface area contributed by atoms with Crippen LogP contribution in [0, 0.1) is 11.6 Å². The first kappa shape index (κ1) is 15.3. The molecule has 0 atom stereocenters. The number of hydrogen-bond acceptors (Lipinski definition) is 4. The molecule has 0 amide bonds. The molecule has 20 heavy (non-hydrogen) atoms. The number of ether oxygens (including phenoxy) is 1. The van der Waals surface area contributed by atoms with Crippen molar-refractivity contribution in [1.82, 2.24) is 5.32 Å². The number of nitrogens with one attached hydrogen (secondary N) is 1. The Balaban J connectivity index is 1.96. The number of carbonyl (C=O) groups excluding carboxylic acids is 1. The highest BCUT2D eigenvalue weighted by Crippen LogP contribution is 2.27. The molecule has 110 valence electrons. The lowest BCUT2D eigenvalue weighted by Crippen LogP contribution is -2.15. The van der Waals surface area contributed by atoms with E-state index in [4.69, 9.17) is 4.74 Å². The minimum Gasteiger partial charge on any atom is -0.465 e. The quantitative estimate of drug-likeness (QED) is 0.621. The normalized spacial score (nSPS) is 14.3. The second-order valence-corrected chi connectivity index (χ2v) is 5.62. The van der Waals surface area contributed by atoms with E-state index in [0.717, 1.165) is 24.6 Å². The van der Waals surface area contributed by atoms with Crippen LogP contribution < -0.4 is 5.32 Å². The summed E-state index contributed by atoms with van der Waals surface area (Å²) < 4.78 is 32.4. The summed E-state index contributed by atoms with van der Waals surface area (Å²) in [5.41, 5.74) is 0.576. The molecule has 0 aromatic heterocycles. The van der Waals surface area contributed by atoms with Gasteiger partial charge in [-0.3, -0.25) is 4.79 Å². The fourth-order valence-electron chi connectivity index (χ4n) is 1.74. The van der Waals surface area contributed by atoms with Gasteiger partial charge in [0.1, 0.15) is 11.6 Å². The third-order valence-corrected chi connectivity index (χ3v) is 3.93. The van der Waals surface area contributed by atoms with Crippen molar-refractivity contribution in [1.29, 1.82) is 0 Å². The zero-order valence-electron chi connectivity index (χ0n) is 11.2. The van der Waals surface area contributed by atoms with Gasteiger partial charge in [-0.2, -0.15) is 0 Å². The molecule has 0 bridgehead atoms. The first-order valence-corrected chi connectivity index (χ1v) is 7.58. The molecule has 0 radical (unpaired) electrons. The molecule has 1 N–H and O–H groups in total. The molecule has 0 spiro atoms. The smallest absolute Gasteiger partial charge is 0.316 e. The summed E-state index contributed by atoms with van der Waals surface area (Å²) in [4.78, 5) is 11.1. The third kappa shape index (κ3) is 4.45. The van der Waals surface area contributed by atoms with Crippen LogP contribution in [0.5, 0.6) is 0 Å². The summed E-state index contributed by atoms with van der Waals surface area (Å²) in [7, 11) is 0. The maximum absolute atomic E-state index is 13.8. The van der Waals surface area contributed by atoms with Crippen LogP contribution in [0.2, 0.25) is 0 Å². The van der Waals surface area contributed by atoms with E-state index in [1.54, 1.807) is 6.92 Å². The Morgan fingerprint density at radius 2 is 2.05 bits per heavy atom. The highest BCUT2D eigenvalue weighted by atomic mass is 32.2. The molecule has 0 aliphatic heterocycles. The monoisotopic (exact) mass is 301 g/mol. The lowest BCUT2D eigenvalue weighted by Gasteiger charge is -2.08. The molecule has 2 rings (SSSR count). The number of halogens is 2. The summed E-state index contributed by atoms with van der Waals surface area (Å²) >= 11 is 0.822. The number of benzene rings is 1. The third-order valence-electron chi connectivity index (χ3n) is 2.87. The van der Waals surface area contributed by atoms with Gasteiger partial charge in [-0.05, 0) is 37.5 Å². The predicted octanol–water partition coefficient (Wildman–Crippen LogP) is 2.87. The van der Waals surface area contributed by atoms with Gasteiger partial charge in [0.25, 0.3) is 0 Å². The maximum Gasteiger partial charge on any atom is 0.316 e. The maximum atomic E-state index is 13.8. The lowest BCUT2D eigenvalue weighted by molar-refractivity contribution is -0.139. The van der Waals surface area contributed by atoms with Crippen LogP contribution in [0.25, 0.3) is 0 Å². The average molecular weight is 301 g/mol. The van der Waals surface area contributed by atoms with Gasteiger partial charge < -0.3 is 10.1 Å². The van der Waals surface area contributed by atoms with Crippen molar-refractivity contribution in [2.45, 2.75) is 37.2 Å². The Bertz CT molecular complexity index is 469. The summed E-state index contributed by atoms with van der Waals surface area (Å²) in [6.07, 6.45) is 2.25. The fourth-order valence-corrected chi connectivity index (χ4v) is 2.47. The highest BCUT2D eigenvalue weighted by molar-refractivity contribution is 8.00. The molecule has 1 fully saturated rings. The number of carbonyl (C=O) groups is 1. The molecule has 0 unspecified atom stereocenters. The summed E-state index contributed by atoms with van der Waals surface area (Å²) in [5.74, 6) is -1.84. The molecule has 0 heterocycles. The van der Waals surface area contributed by atoms with Crippen LogP contribution in [-0.4, -0.2) is 24.4 Å². The van der Waals surface area contributed by atoms with Crippen molar-refractivity contribution >= 4 is 17.7 Å². The van der Waals surface area contributed by atoms with Crippen LogP contribution in [-0.2, 0) is 16.1 Å². The van der Waals surface area contributed by atoms with Gasteiger partial charge in [-0.1, -0.05) is 0 Å². The second-order valence-electron chi connectivity index (χ2n) is 4.64. The van der Waals surface area contributed by atoms with Crippen molar-refractivity contribution in [2.24, 2.45) is 0 Å². The standard InChI is InChI=1S/C14H17F2NO2S/c1-2-19-13(18)8-20-14-11(15)5-9(6-12(14)16)7-17-10-3-4-10/h5-6,10,17H,2-4,7-8H2,1H3. The zero-order valence-corrected chi connectivity index (χ0v) is 12.1. The molecule has 1 aromatic carbocycles.